The first-order valence-corrected chi connectivity index (χ1v) is 7.42. The molecule has 1 unspecified atom stereocenters. The summed E-state index contributed by atoms with van der Waals surface area (Å²) < 4.78 is 7.76. The second-order valence-electron chi connectivity index (χ2n) is 5.30. The Bertz CT molecular complexity index is 645. The van der Waals surface area contributed by atoms with Gasteiger partial charge in [0.1, 0.15) is 11.9 Å². The number of aryl methyl sites for hydroxylation is 1. The Labute approximate surface area is 153 Å². The Morgan fingerprint density at radius 3 is 2.87 bits per heavy atom. The number of para-hydroxylation sites is 1. The zero-order valence-corrected chi connectivity index (χ0v) is 15.7. The van der Waals surface area contributed by atoms with E-state index >= 15 is 0 Å². The third-order valence-electron chi connectivity index (χ3n) is 3.79. The summed E-state index contributed by atoms with van der Waals surface area (Å²) in [6.07, 6.45) is 2.87. The smallest absolute Gasteiger partial charge is 0.191 e. The zero-order chi connectivity index (χ0) is 15.4. The van der Waals surface area contributed by atoms with Crippen LogP contribution in [-0.2, 0) is 20.0 Å². The Hall–Kier alpha value is -1.77. The van der Waals surface area contributed by atoms with Crippen LogP contribution >= 0.6 is 24.0 Å². The lowest BCUT2D eigenvalue weighted by atomic mass is 10.1. The summed E-state index contributed by atoms with van der Waals surface area (Å²) in [5.41, 5.74) is 2.37. The topological polar surface area (TPSA) is 63.5 Å². The molecule has 0 amide bonds. The molecule has 0 bridgehead atoms. The first kappa shape index (κ1) is 17.6. The van der Waals surface area contributed by atoms with Gasteiger partial charge in [-0.25, -0.2) is 0 Å². The quantitative estimate of drug-likeness (QED) is 0.443. The van der Waals surface area contributed by atoms with E-state index in [0.717, 1.165) is 30.4 Å². The van der Waals surface area contributed by atoms with Crippen LogP contribution in [0.5, 0.6) is 5.75 Å². The normalized spacial score (nSPS) is 16.3. The molecule has 7 heteroatoms. The highest BCUT2D eigenvalue weighted by Crippen LogP contribution is 2.27. The SMILES string of the molecule is CN=C(NCc1ccnn1C)NCC1Cc2ccccc2O1.I. The average Bonchev–Trinajstić information content (AvgIpc) is 3.13. The van der Waals surface area contributed by atoms with Crippen LogP contribution in [0.3, 0.4) is 0 Å². The molecule has 0 radical (unpaired) electrons. The minimum Gasteiger partial charge on any atom is -0.488 e. The van der Waals surface area contributed by atoms with Crippen LogP contribution in [0.15, 0.2) is 41.5 Å². The Kier molecular flexibility index (Phi) is 6.26. The molecule has 23 heavy (non-hydrogen) atoms. The minimum atomic E-state index is 0. The van der Waals surface area contributed by atoms with Crippen molar-refractivity contribution in [1.82, 2.24) is 20.4 Å². The number of hydrogen-bond acceptors (Lipinski definition) is 3. The van der Waals surface area contributed by atoms with Crippen LogP contribution in [0.4, 0.5) is 0 Å². The van der Waals surface area contributed by atoms with E-state index in [1.807, 2.05) is 36.0 Å². The van der Waals surface area contributed by atoms with Crippen molar-refractivity contribution in [1.29, 1.82) is 0 Å². The monoisotopic (exact) mass is 427 g/mol. The molecule has 1 aromatic carbocycles. The van der Waals surface area contributed by atoms with E-state index < -0.39 is 0 Å². The van der Waals surface area contributed by atoms with Crippen molar-refractivity contribution in [3.63, 3.8) is 0 Å². The molecule has 0 spiro atoms. The average molecular weight is 427 g/mol. The molecule has 0 saturated carbocycles. The minimum absolute atomic E-state index is 0. The number of guanidine groups is 1. The molecule has 0 fully saturated rings. The van der Waals surface area contributed by atoms with E-state index in [4.69, 9.17) is 4.74 Å². The molecule has 1 aliphatic rings. The Morgan fingerprint density at radius 1 is 1.35 bits per heavy atom. The fourth-order valence-electron chi connectivity index (χ4n) is 2.55. The summed E-state index contributed by atoms with van der Waals surface area (Å²) in [5, 5.41) is 10.7. The molecule has 0 aliphatic carbocycles. The predicted octanol–water partition coefficient (Wildman–Crippen LogP) is 1.71. The van der Waals surface area contributed by atoms with Crippen molar-refractivity contribution in [2.45, 2.75) is 19.1 Å². The molecule has 6 nitrogen and oxygen atoms in total. The van der Waals surface area contributed by atoms with Gasteiger partial charge in [0, 0.05) is 26.7 Å². The number of nitrogens with one attached hydrogen (secondary N) is 2. The highest BCUT2D eigenvalue weighted by Gasteiger charge is 2.22. The molecule has 2 aromatic rings. The number of nitrogens with zero attached hydrogens (tertiary/aromatic N) is 3. The number of rotatable bonds is 4. The molecule has 1 atom stereocenters. The first-order valence-electron chi connectivity index (χ1n) is 7.42. The van der Waals surface area contributed by atoms with Crippen LogP contribution < -0.4 is 15.4 Å². The van der Waals surface area contributed by atoms with Crippen LogP contribution in [0.1, 0.15) is 11.3 Å². The second-order valence-corrected chi connectivity index (χ2v) is 5.30. The molecular formula is C16H22IN5O. The van der Waals surface area contributed by atoms with Crippen molar-refractivity contribution in [2.75, 3.05) is 13.6 Å². The maximum absolute atomic E-state index is 5.91. The number of fused-ring (bicyclic) bond motifs is 1. The van der Waals surface area contributed by atoms with Gasteiger partial charge in [0.15, 0.2) is 5.96 Å². The summed E-state index contributed by atoms with van der Waals surface area (Å²) in [5.74, 6) is 1.76. The lowest BCUT2D eigenvalue weighted by Gasteiger charge is -2.15. The first-order chi connectivity index (χ1) is 10.8. The van der Waals surface area contributed by atoms with Gasteiger partial charge in [0.2, 0.25) is 0 Å². The molecule has 1 aliphatic heterocycles. The number of ether oxygens (including phenoxy) is 1. The molecule has 2 N–H and O–H groups in total. The third kappa shape index (κ3) is 4.37. The van der Waals surface area contributed by atoms with Crippen molar-refractivity contribution in [2.24, 2.45) is 12.0 Å². The molecule has 0 saturated heterocycles. The van der Waals surface area contributed by atoms with Gasteiger partial charge in [-0.2, -0.15) is 5.10 Å². The Morgan fingerprint density at radius 2 is 2.17 bits per heavy atom. The van der Waals surface area contributed by atoms with E-state index in [-0.39, 0.29) is 30.1 Å². The van der Waals surface area contributed by atoms with Crippen LogP contribution in [0.2, 0.25) is 0 Å². The summed E-state index contributed by atoms with van der Waals surface area (Å²) in [6.45, 7) is 1.40. The third-order valence-corrected chi connectivity index (χ3v) is 3.79. The largest absolute Gasteiger partial charge is 0.488 e. The number of aliphatic imine (C=N–C) groups is 1. The zero-order valence-electron chi connectivity index (χ0n) is 13.3. The molecule has 2 heterocycles. The van der Waals surface area contributed by atoms with Gasteiger partial charge in [0.05, 0.1) is 18.8 Å². The summed E-state index contributed by atoms with van der Waals surface area (Å²) in [4.78, 5) is 4.24. The van der Waals surface area contributed by atoms with E-state index in [0.29, 0.717) is 6.54 Å². The van der Waals surface area contributed by atoms with Crippen molar-refractivity contribution < 1.29 is 4.74 Å². The molecule has 3 rings (SSSR count). The lowest BCUT2D eigenvalue weighted by molar-refractivity contribution is 0.235. The van der Waals surface area contributed by atoms with Crippen molar-refractivity contribution >= 4 is 29.9 Å². The van der Waals surface area contributed by atoms with Gasteiger partial charge >= 0.3 is 0 Å². The molecular weight excluding hydrogens is 405 g/mol. The fraction of sp³-hybridized carbons (Fsp3) is 0.375. The van der Waals surface area contributed by atoms with E-state index in [1.165, 1.54) is 5.56 Å². The number of benzene rings is 1. The second kappa shape index (κ2) is 8.19. The van der Waals surface area contributed by atoms with Crippen LogP contribution in [-0.4, -0.2) is 35.4 Å². The number of hydrogen-bond donors (Lipinski definition) is 2. The van der Waals surface area contributed by atoms with Gasteiger partial charge in [-0.15, -0.1) is 24.0 Å². The lowest BCUT2D eigenvalue weighted by Crippen LogP contribution is -2.42. The van der Waals surface area contributed by atoms with Crippen LogP contribution in [0, 0.1) is 0 Å². The predicted molar refractivity (Wildman–Crippen MR) is 101 cm³/mol. The van der Waals surface area contributed by atoms with Gasteiger partial charge < -0.3 is 15.4 Å². The van der Waals surface area contributed by atoms with Crippen molar-refractivity contribution in [3.05, 3.63) is 47.8 Å². The van der Waals surface area contributed by atoms with Gasteiger partial charge in [0.25, 0.3) is 0 Å². The fourth-order valence-corrected chi connectivity index (χ4v) is 2.55. The number of halogens is 1. The van der Waals surface area contributed by atoms with E-state index in [1.54, 1.807) is 13.2 Å². The van der Waals surface area contributed by atoms with E-state index in [9.17, 15) is 0 Å². The maximum Gasteiger partial charge on any atom is 0.191 e. The number of aromatic nitrogens is 2. The van der Waals surface area contributed by atoms with Crippen molar-refractivity contribution in [3.8, 4) is 5.75 Å². The summed E-state index contributed by atoms with van der Waals surface area (Å²) in [6, 6.07) is 10.2. The highest BCUT2D eigenvalue weighted by molar-refractivity contribution is 14.0. The maximum atomic E-state index is 5.91. The summed E-state index contributed by atoms with van der Waals surface area (Å²) >= 11 is 0. The summed E-state index contributed by atoms with van der Waals surface area (Å²) in [7, 11) is 3.69. The van der Waals surface area contributed by atoms with Crippen LogP contribution in [0.25, 0.3) is 0 Å². The molecule has 124 valence electrons. The molecule has 1 aromatic heterocycles. The highest BCUT2D eigenvalue weighted by atomic mass is 127. The van der Waals surface area contributed by atoms with Gasteiger partial charge in [-0.3, -0.25) is 9.67 Å². The standard InChI is InChI=1S/C16H21N5O.HI/c1-17-16(18-10-13-7-8-20-21(13)2)19-11-14-9-12-5-3-4-6-15(12)22-14;/h3-8,14H,9-11H2,1-2H3,(H2,17,18,19);1H. The van der Waals surface area contributed by atoms with Gasteiger partial charge in [-0.05, 0) is 17.7 Å². The Balaban J connectivity index is 0.00000192. The van der Waals surface area contributed by atoms with Gasteiger partial charge in [-0.1, -0.05) is 18.2 Å². The van der Waals surface area contributed by atoms with E-state index in [2.05, 4.69) is 26.8 Å².